The number of nitrogens with zero attached hydrogens (tertiary/aromatic N) is 6. The predicted octanol–water partition coefficient (Wildman–Crippen LogP) is 7.02. The average Bonchev–Trinajstić information content (AvgIpc) is 3.41. The number of fused-ring (bicyclic) bond motifs is 2. The molecule has 9 nitrogen and oxygen atoms in total. The molecule has 0 aliphatic carbocycles. The fraction of sp³-hybridized carbons (Fsp3) is 0.562. The lowest BCUT2D eigenvalue weighted by molar-refractivity contribution is 0.0617. The number of allylic oxidation sites excluding steroid dienone is 1. The van der Waals surface area contributed by atoms with Crippen LogP contribution in [0.1, 0.15) is 101 Å². The second-order valence-electron chi connectivity index (χ2n) is 12.0. The molecule has 0 amide bonds. The number of aromatic nitrogens is 6. The van der Waals surface area contributed by atoms with E-state index in [1.165, 1.54) is 5.57 Å². The summed E-state index contributed by atoms with van der Waals surface area (Å²) in [7, 11) is 0. The van der Waals surface area contributed by atoms with Crippen LogP contribution >= 0.6 is 12.4 Å². The van der Waals surface area contributed by atoms with Gasteiger partial charge in [-0.2, -0.15) is 0 Å². The molecule has 0 saturated carbocycles. The molecule has 0 aromatic carbocycles. The van der Waals surface area contributed by atoms with Crippen LogP contribution in [0.3, 0.4) is 0 Å². The van der Waals surface area contributed by atoms with Gasteiger partial charge in [-0.1, -0.05) is 32.3 Å². The van der Waals surface area contributed by atoms with Crippen LogP contribution in [-0.2, 0) is 19.4 Å². The van der Waals surface area contributed by atoms with E-state index < -0.39 is 5.60 Å². The summed E-state index contributed by atoms with van der Waals surface area (Å²) in [5.74, 6) is 3.06. The van der Waals surface area contributed by atoms with Crippen molar-refractivity contribution in [3.05, 3.63) is 39.7 Å². The molecule has 0 bridgehead atoms. The highest BCUT2D eigenvalue weighted by atomic mass is 35.5. The Morgan fingerprint density at radius 2 is 1.24 bits per heavy atom. The molecule has 4 heterocycles. The molecule has 4 rings (SSSR count). The van der Waals surface area contributed by atoms with Crippen molar-refractivity contribution < 1.29 is 5.11 Å². The quantitative estimate of drug-likeness (QED) is 0.188. The first-order valence-electron chi connectivity index (χ1n) is 14.8. The van der Waals surface area contributed by atoms with Crippen molar-refractivity contribution in [1.29, 1.82) is 0 Å². The van der Waals surface area contributed by atoms with Gasteiger partial charge in [0.05, 0.1) is 23.2 Å². The molecule has 0 unspecified atom stereocenters. The second kappa shape index (κ2) is 14.3. The predicted molar refractivity (Wildman–Crippen MR) is 179 cm³/mol. The van der Waals surface area contributed by atoms with Crippen LogP contribution in [0.5, 0.6) is 0 Å². The summed E-state index contributed by atoms with van der Waals surface area (Å²) in [6.45, 7) is 20.8. The summed E-state index contributed by atoms with van der Waals surface area (Å²) in [6, 6.07) is 0. The zero-order valence-corrected chi connectivity index (χ0v) is 28.0. The van der Waals surface area contributed by atoms with Gasteiger partial charge in [-0.05, 0) is 79.4 Å². The minimum atomic E-state index is -0.799. The Labute approximate surface area is 257 Å². The minimum Gasteiger partial charge on any atom is -0.389 e. The van der Waals surface area contributed by atoms with E-state index in [0.717, 1.165) is 94.8 Å². The van der Waals surface area contributed by atoms with Crippen molar-refractivity contribution in [3.8, 4) is 0 Å². The number of pyridine rings is 2. The molecule has 0 aliphatic rings. The fourth-order valence-corrected chi connectivity index (χ4v) is 5.04. The van der Waals surface area contributed by atoms with Gasteiger partial charge >= 0.3 is 0 Å². The van der Waals surface area contributed by atoms with Crippen LogP contribution < -0.4 is 11.5 Å². The van der Waals surface area contributed by atoms with Crippen molar-refractivity contribution in [2.75, 3.05) is 11.5 Å². The van der Waals surface area contributed by atoms with Crippen LogP contribution in [0, 0.1) is 27.7 Å². The number of hydrogen-bond donors (Lipinski definition) is 3. The molecule has 0 fully saturated rings. The van der Waals surface area contributed by atoms with Crippen molar-refractivity contribution in [2.24, 2.45) is 0 Å². The number of aliphatic hydroxyl groups is 1. The van der Waals surface area contributed by atoms with E-state index in [1.807, 2.05) is 34.6 Å². The molecule has 0 atom stereocenters. The van der Waals surface area contributed by atoms with E-state index >= 15 is 0 Å². The standard InChI is InChI=1S/C16H26N4O.C16H24N4.ClH/c1-6-7-8-12-19-13-14(20(12)9-16(4,5)21)10(2)11(3)18-15(13)17;1-6-7-8-13-19-14-15(20(13)9-10(2)3)11(4)12(5)18-16(14)17;/h21H,6-9H2,1-5H3,(H2,17,18);9H,6-8H2,1-5H3,(H2,17,18);1H. The first kappa shape index (κ1) is 35.0. The first-order valence-corrected chi connectivity index (χ1v) is 14.8. The molecule has 4 aromatic rings. The lowest BCUT2D eigenvalue weighted by atomic mass is 10.1. The third-order valence-electron chi connectivity index (χ3n) is 7.33. The number of halogens is 1. The zero-order chi connectivity index (χ0) is 30.6. The Morgan fingerprint density at radius 3 is 1.71 bits per heavy atom. The Kier molecular flexibility index (Phi) is 12.0. The van der Waals surface area contributed by atoms with E-state index in [2.05, 4.69) is 59.9 Å². The highest BCUT2D eigenvalue weighted by Gasteiger charge is 2.22. The number of nitrogen functional groups attached to an aromatic ring is 2. The van der Waals surface area contributed by atoms with Crippen LogP contribution in [0.25, 0.3) is 28.3 Å². The van der Waals surface area contributed by atoms with Gasteiger partial charge in [-0.25, -0.2) is 19.9 Å². The summed E-state index contributed by atoms with van der Waals surface area (Å²) >= 11 is 0. The van der Waals surface area contributed by atoms with Crippen molar-refractivity contribution in [1.82, 2.24) is 29.1 Å². The number of nitrogens with two attached hydrogens (primary N) is 2. The lowest BCUT2D eigenvalue weighted by Crippen LogP contribution is -2.27. The maximum absolute atomic E-state index is 10.2. The molecule has 0 spiro atoms. The van der Waals surface area contributed by atoms with Crippen LogP contribution in [0.2, 0.25) is 0 Å². The van der Waals surface area contributed by atoms with E-state index in [1.54, 1.807) is 0 Å². The molecule has 42 heavy (non-hydrogen) atoms. The normalized spacial score (nSPS) is 11.4. The largest absolute Gasteiger partial charge is 0.389 e. The molecule has 10 heteroatoms. The number of unbranched alkanes of at least 4 members (excludes halogenated alkanes) is 2. The fourth-order valence-electron chi connectivity index (χ4n) is 5.04. The Bertz CT molecular complexity index is 1560. The van der Waals surface area contributed by atoms with Gasteiger partial charge < -0.3 is 25.7 Å². The van der Waals surface area contributed by atoms with Crippen LogP contribution in [-0.4, -0.2) is 39.8 Å². The molecule has 4 aromatic heterocycles. The summed E-state index contributed by atoms with van der Waals surface area (Å²) in [5, 5.41) is 10.2. The number of imidazole rings is 2. The summed E-state index contributed by atoms with van der Waals surface area (Å²) in [5.41, 5.74) is 20.4. The van der Waals surface area contributed by atoms with Gasteiger partial charge in [-0.3, -0.25) is 0 Å². The Balaban J connectivity index is 0.000000287. The average molecular weight is 599 g/mol. The summed E-state index contributed by atoms with van der Waals surface area (Å²) in [4.78, 5) is 18.2. The number of hydrogen-bond acceptors (Lipinski definition) is 7. The second-order valence-corrected chi connectivity index (χ2v) is 12.0. The van der Waals surface area contributed by atoms with Crippen molar-refractivity contribution in [2.45, 2.75) is 120 Å². The van der Waals surface area contributed by atoms with Gasteiger partial charge in [0.15, 0.2) is 11.6 Å². The lowest BCUT2D eigenvalue weighted by Gasteiger charge is -2.21. The van der Waals surface area contributed by atoms with E-state index in [-0.39, 0.29) is 12.4 Å². The Hall–Kier alpha value is -3.17. The van der Waals surface area contributed by atoms with Crippen LogP contribution in [0.15, 0.2) is 5.57 Å². The van der Waals surface area contributed by atoms with E-state index in [0.29, 0.717) is 18.2 Å². The van der Waals surface area contributed by atoms with Crippen LogP contribution in [0.4, 0.5) is 11.6 Å². The number of anilines is 2. The van der Waals surface area contributed by atoms with Crippen molar-refractivity contribution >= 4 is 52.3 Å². The zero-order valence-electron chi connectivity index (χ0n) is 27.2. The summed E-state index contributed by atoms with van der Waals surface area (Å²) < 4.78 is 4.31. The van der Waals surface area contributed by atoms with Gasteiger partial charge in [0, 0.05) is 30.4 Å². The number of rotatable bonds is 9. The van der Waals surface area contributed by atoms with Gasteiger partial charge in [0.1, 0.15) is 22.7 Å². The third-order valence-corrected chi connectivity index (χ3v) is 7.33. The smallest absolute Gasteiger partial charge is 0.151 e. The third kappa shape index (κ3) is 7.81. The molecule has 0 radical (unpaired) electrons. The van der Waals surface area contributed by atoms with E-state index in [4.69, 9.17) is 21.4 Å². The number of aryl methyl sites for hydroxylation is 6. The molecule has 0 aliphatic heterocycles. The first-order chi connectivity index (χ1) is 19.2. The monoisotopic (exact) mass is 598 g/mol. The molecular formula is C32H51ClN8O. The highest BCUT2D eigenvalue weighted by molar-refractivity contribution is 5.90. The highest BCUT2D eigenvalue weighted by Crippen LogP contribution is 2.29. The molecule has 232 valence electrons. The van der Waals surface area contributed by atoms with Crippen molar-refractivity contribution in [3.63, 3.8) is 0 Å². The maximum Gasteiger partial charge on any atom is 0.151 e. The SMILES string of the molecule is CCCCc1nc2c(N)nc(C)c(C)c2n1C=C(C)C.CCCCc1nc2c(N)nc(C)c(C)c2n1CC(C)(C)O.Cl. The maximum atomic E-state index is 10.2. The molecular weight excluding hydrogens is 548 g/mol. The van der Waals surface area contributed by atoms with Gasteiger partial charge in [0.2, 0.25) is 0 Å². The summed E-state index contributed by atoms with van der Waals surface area (Å²) in [6.07, 6.45) is 8.46. The van der Waals surface area contributed by atoms with E-state index in [9.17, 15) is 5.11 Å². The van der Waals surface area contributed by atoms with Gasteiger partial charge in [0.25, 0.3) is 0 Å². The Morgan fingerprint density at radius 1 is 0.786 bits per heavy atom. The topological polar surface area (TPSA) is 134 Å². The minimum absolute atomic E-state index is 0. The van der Waals surface area contributed by atoms with Gasteiger partial charge in [-0.15, -0.1) is 12.4 Å². The molecule has 0 saturated heterocycles. The molecule has 5 N–H and O–H groups in total.